The zero-order chi connectivity index (χ0) is 21.5. The molecule has 3 aromatic rings. The molecule has 2 N–H and O–H groups in total. The van der Waals surface area contributed by atoms with Crippen molar-refractivity contribution in [2.24, 2.45) is 5.10 Å². The van der Waals surface area contributed by atoms with Gasteiger partial charge in [0, 0.05) is 15.7 Å². The average Bonchev–Trinajstić information content (AvgIpc) is 2.68. The number of hydrogen-bond donors (Lipinski definition) is 2. The van der Waals surface area contributed by atoms with Gasteiger partial charge in [-0.15, -0.1) is 0 Å². The van der Waals surface area contributed by atoms with Gasteiger partial charge in [0.1, 0.15) is 5.75 Å². The maximum Gasteiger partial charge on any atom is 0.345 e. The van der Waals surface area contributed by atoms with E-state index in [-0.39, 0.29) is 10.6 Å². The number of carbonyl (C=O) groups is 1. The first kappa shape index (κ1) is 22.1. The Balaban J connectivity index is 1.59. The Morgan fingerprint density at radius 1 is 0.967 bits per heavy atom. The van der Waals surface area contributed by atoms with E-state index in [9.17, 15) is 4.79 Å². The van der Waals surface area contributed by atoms with Crippen molar-refractivity contribution in [3.8, 4) is 5.75 Å². The topological polar surface area (TPSA) is 62.7 Å². The molecule has 0 amide bonds. The fourth-order valence-corrected chi connectivity index (χ4v) is 3.21. The van der Waals surface area contributed by atoms with Gasteiger partial charge in [-0.2, -0.15) is 5.10 Å². The molecule has 0 aliphatic carbocycles. The van der Waals surface area contributed by atoms with Crippen molar-refractivity contribution >= 4 is 70.0 Å². The summed E-state index contributed by atoms with van der Waals surface area (Å²) in [5.74, 6) is -0.245. The molecule has 0 heterocycles. The molecular formula is C21H14Cl3N3O2S. The van der Waals surface area contributed by atoms with Crippen LogP contribution in [0.15, 0.2) is 71.8 Å². The fourth-order valence-electron chi connectivity index (χ4n) is 2.37. The summed E-state index contributed by atoms with van der Waals surface area (Å²) in [5.41, 5.74) is 4.36. The highest BCUT2D eigenvalue weighted by Gasteiger charge is 2.13. The number of nitrogens with zero attached hydrogens (tertiary/aromatic N) is 1. The number of thiocarbonyl (C=S) groups is 1. The molecule has 9 heteroatoms. The summed E-state index contributed by atoms with van der Waals surface area (Å²) in [6.07, 6.45) is 1.54. The van der Waals surface area contributed by atoms with E-state index in [1.165, 1.54) is 12.1 Å². The third-order valence-corrected chi connectivity index (χ3v) is 4.66. The van der Waals surface area contributed by atoms with Crippen LogP contribution in [0, 0.1) is 0 Å². The Morgan fingerprint density at radius 2 is 1.73 bits per heavy atom. The molecule has 0 unspecified atom stereocenters. The van der Waals surface area contributed by atoms with Crippen molar-refractivity contribution in [2.75, 3.05) is 5.32 Å². The van der Waals surface area contributed by atoms with E-state index in [0.29, 0.717) is 26.5 Å². The Kier molecular flexibility index (Phi) is 7.65. The van der Waals surface area contributed by atoms with Gasteiger partial charge in [-0.05, 0) is 66.3 Å². The third kappa shape index (κ3) is 6.43. The fraction of sp³-hybridized carbons (Fsp3) is 0. The van der Waals surface area contributed by atoms with E-state index >= 15 is 0 Å². The van der Waals surface area contributed by atoms with Gasteiger partial charge in [0.2, 0.25) is 0 Å². The van der Waals surface area contributed by atoms with E-state index in [0.717, 1.165) is 5.69 Å². The summed E-state index contributed by atoms with van der Waals surface area (Å²) in [5, 5.41) is 8.59. The molecule has 0 saturated heterocycles. The standard InChI is InChI=1S/C21H14Cl3N3O2S/c22-14-4-2-5-16(10-14)26-21(30)27-25-12-13-3-1-6-17(9-13)29-20(28)18-8-7-15(23)11-19(18)24/h1-12H,(H2,26,27,30). The summed E-state index contributed by atoms with van der Waals surface area (Å²) in [6, 6.07) is 18.5. The number of hydrogen-bond acceptors (Lipinski definition) is 4. The molecule has 0 aliphatic heterocycles. The Labute approximate surface area is 193 Å². The van der Waals surface area contributed by atoms with E-state index in [1.54, 1.807) is 54.7 Å². The van der Waals surface area contributed by atoms with E-state index in [1.807, 2.05) is 6.07 Å². The third-order valence-electron chi connectivity index (χ3n) is 3.68. The zero-order valence-corrected chi connectivity index (χ0v) is 18.3. The van der Waals surface area contributed by atoms with Crippen molar-refractivity contribution in [1.82, 2.24) is 5.43 Å². The molecule has 0 aromatic heterocycles. The normalized spacial score (nSPS) is 10.6. The van der Waals surface area contributed by atoms with Crippen LogP contribution in [0.4, 0.5) is 5.69 Å². The van der Waals surface area contributed by atoms with Gasteiger partial charge in [-0.3, -0.25) is 5.43 Å². The minimum Gasteiger partial charge on any atom is -0.423 e. The zero-order valence-electron chi connectivity index (χ0n) is 15.2. The van der Waals surface area contributed by atoms with Crippen molar-refractivity contribution in [1.29, 1.82) is 0 Å². The molecule has 3 rings (SSSR count). The summed E-state index contributed by atoms with van der Waals surface area (Å²) < 4.78 is 5.38. The predicted octanol–water partition coefficient (Wildman–Crippen LogP) is 6.19. The lowest BCUT2D eigenvalue weighted by Crippen LogP contribution is -2.23. The number of carbonyl (C=O) groups excluding carboxylic acids is 1. The molecule has 0 radical (unpaired) electrons. The second-order valence-corrected chi connectivity index (χ2v) is 7.61. The Morgan fingerprint density at radius 3 is 2.50 bits per heavy atom. The van der Waals surface area contributed by atoms with Crippen LogP contribution >= 0.6 is 47.0 Å². The molecule has 3 aromatic carbocycles. The van der Waals surface area contributed by atoms with Gasteiger partial charge in [0.05, 0.1) is 16.8 Å². The van der Waals surface area contributed by atoms with Crippen LogP contribution in [-0.2, 0) is 0 Å². The van der Waals surface area contributed by atoms with Crippen molar-refractivity contribution in [2.45, 2.75) is 0 Å². The number of benzene rings is 3. The van der Waals surface area contributed by atoms with Crippen LogP contribution < -0.4 is 15.5 Å². The van der Waals surface area contributed by atoms with Crippen LogP contribution in [0.5, 0.6) is 5.75 Å². The maximum atomic E-state index is 12.3. The molecule has 0 bridgehead atoms. The van der Waals surface area contributed by atoms with Gasteiger partial charge < -0.3 is 10.1 Å². The van der Waals surface area contributed by atoms with Crippen molar-refractivity contribution < 1.29 is 9.53 Å². The van der Waals surface area contributed by atoms with Gasteiger partial charge in [-0.1, -0.05) is 53.0 Å². The number of nitrogens with one attached hydrogen (secondary N) is 2. The lowest BCUT2D eigenvalue weighted by molar-refractivity contribution is 0.0735. The van der Waals surface area contributed by atoms with E-state index in [2.05, 4.69) is 15.8 Å². The van der Waals surface area contributed by atoms with Crippen molar-refractivity contribution in [3.05, 3.63) is 92.9 Å². The second kappa shape index (κ2) is 10.4. The number of halogens is 3. The number of esters is 1. The first-order valence-corrected chi connectivity index (χ1v) is 10.1. The summed E-state index contributed by atoms with van der Waals surface area (Å²) >= 11 is 23.0. The molecule has 152 valence electrons. The first-order valence-electron chi connectivity index (χ1n) is 8.53. The lowest BCUT2D eigenvalue weighted by Gasteiger charge is -2.08. The number of hydrazone groups is 1. The number of ether oxygens (including phenoxy) is 1. The molecule has 30 heavy (non-hydrogen) atoms. The predicted molar refractivity (Wildman–Crippen MR) is 126 cm³/mol. The lowest BCUT2D eigenvalue weighted by atomic mass is 10.2. The Bertz CT molecular complexity index is 1120. The van der Waals surface area contributed by atoms with Crippen LogP contribution in [0.25, 0.3) is 0 Å². The van der Waals surface area contributed by atoms with Gasteiger partial charge in [0.25, 0.3) is 0 Å². The minimum absolute atomic E-state index is 0.218. The quantitative estimate of drug-likeness (QED) is 0.151. The number of anilines is 1. The largest absolute Gasteiger partial charge is 0.423 e. The van der Waals surface area contributed by atoms with Crippen LogP contribution in [-0.4, -0.2) is 17.3 Å². The maximum absolute atomic E-state index is 12.3. The first-order chi connectivity index (χ1) is 14.4. The molecule has 0 atom stereocenters. The van der Waals surface area contributed by atoms with Crippen LogP contribution in [0.1, 0.15) is 15.9 Å². The molecule has 5 nitrogen and oxygen atoms in total. The highest BCUT2D eigenvalue weighted by atomic mass is 35.5. The second-order valence-electron chi connectivity index (χ2n) is 5.92. The number of rotatable bonds is 5. The smallest absolute Gasteiger partial charge is 0.345 e. The molecule has 0 aliphatic rings. The summed E-state index contributed by atoms with van der Waals surface area (Å²) in [4.78, 5) is 12.3. The SMILES string of the molecule is O=C(Oc1cccc(C=NNC(=S)Nc2cccc(Cl)c2)c1)c1ccc(Cl)cc1Cl. The van der Waals surface area contributed by atoms with E-state index < -0.39 is 5.97 Å². The van der Waals surface area contributed by atoms with Crippen LogP contribution in [0.3, 0.4) is 0 Å². The molecule has 0 fully saturated rings. The van der Waals surface area contributed by atoms with Crippen LogP contribution in [0.2, 0.25) is 15.1 Å². The highest BCUT2D eigenvalue weighted by molar-refractivity contribution is 7.80. The molecule has 0 saturated carbocycles. The highest BCUT2D eigenvalue weighted by Crippen LogP contribution is 2.23. The minimum atomic E-state index is -0.587. The molecule has 0 spiro atoms. The van der Waals surface area contributed by atoms with Crippen molar-refractivity contribution in [3.63, 3.8) is 0 Å². The Hall–Kier alpha value is -2.64. The monoisotopic (exact) mass is 477 g/mol. The summed E-state index contributed by atoms with van der Waals surface area (Å²) in [6.45, 7) is 0. The van der Waals surface area contributed by atoms with E-state index in [4.69, 9.17) is 51.8 Å². The van der Waals surface area contributed by atoms with Gasteiger partial charge >= 0.3 is 5.97 Å². The average molecular weight is 479 g/mol. The molecular weight excluding hydrogens is 465 g/mol. The summed E-state index contributed by atoms with van der Waals surface area (Å²) in [7, 11) is 0. The van der Waals surface area contributed by atoms with Gasteiger partial charge in [0.15, 0.2) is 5.11 Å². The van der Waals surface area contributed by atoms with Gasteiger partial charge in [-0.25, -0.2) is 4.79 Å².